The highest BCUT2D eigenvalue weighted by Gasteiger charge is 2.24. The van der Waals surface area contributed by atoms with Gasteiger partial charge in [-0.2, -0.15) is 0 Å². The van der Waals surface area contributed by atoms with Gasteiger partial charge in [0.1, 0.15) is 24.7 Å². The van der Waals surface area contributed by atoms with E-state index in [1.165, 1.54) is 0 Å². The molecule has 0 amide bonds. The summed E-state index contributed by atoms with van der Waals surface area (Å²) in [6.07, 6.45) is -0.502. The molecular weight excluding hydrogens is 588 g/mol. The van der Waals surface area contributed by atoms with Gasteiger partial charge in [-0.1, -0.05) is 98.8 Å². The predicted molar refractivity (Wildman–Crippen MR) is 188 cm³/mol. The quantitative estimate of drug-likeness (QED) is 0.177. The monoisotopic (exact) mass is 628 g/mol. The molecule has 0 aliphatic carbocycles. The minimum atomic E-state index is -0.671. The number of rotatable bonds is 14. The Morgan fingerprint density at radius 3 is 1.34 bits per heavy atom. The molecule has 2 aliphatic heterocycles. The van der Waals surface area contributed by atoms with Crippen molar-refractivity contribution in [2.24, 2.45) is 20.0 Å². The first-order valence-electron chi connectivity index (χ1n) is 16.0. The summed E-state index contributed by atoms with van der Waals surface area (Å²) in [6, 6.07) is 35.7. The summed E-state index contributed by atoms with van der Waals surface area (Å²) in [4.78, 5) is 18.2. The SMILES string of the molecule is CC(C)(c1ccc(OCC(O)CC2=NC(c3ccccc3)=NC2)cc1)c1ccc(OCC(O)CC2=NC(c3ccccc3)=NC2)cc1. The van der Waals surface area contributed by atoms with Gasteiger partial charge in [-0.15, -0.1) is 0 Å². The maximum Gasteiger partial charge on any atom is 0.154 e. The average Bonchev–Trinajstić information content (AvgIpc) is 3.78. The Labute approximate surface area is 275 Å². The summed E-state index contributed by atoms with van der Waals surface area (Å²) < 4.78 is 11.8. The molecule has 4 aromatic carbocycles. The van der Waals surface area contributed by atoms with Crippen molar-refractivity contribution in [3.05, 3.63) is 131 Å². The third-order valence-corrected chi connectivity index (χ3v) is 8.39. The van der Waals surface area contributed by atoms with E-state index in [2.05, 4.69) is 58.1 Å². The van der Waals surface area contributed by atoms with E-state index in [0.717, 1.165) is 33.7 Å². The first-order valence-corrected chi connectivity index (χ1v) is 16.0. The number of amidine groups is 2. The number of aliphatic imine (C=N–C) groups is 4. The van der Waals surface area contributed by atoms with Gasteiger partial charge in [-0.25, -0.2) is 9.98 Å². The topological polar surface area (TPSA) is 108 Å². The fourth-order valence-corrected chi connectivity index (χ4v) is 5.63. The number of nitrogens with zero attached hydrogens (tertiary/aromatic N) is 4. The summed E-state index contributed by atoms with van der Waals surface area (Å²) in [5, 5.41) is 21.1. The van der Waals surface area contributed by atoms with E-state index in [1.54, 1.807) is 0 Å². The smallest absolute Gasteiger partial charge is 0.154 e. The first kappa shape index (κ1) is 32.0. The van der Waals surface area contributed by atoms with Gasteiger partial charge >= 0.3 is 0 Å². The highest BCUT2D eigenvalue weighted by molar-refractivity contribution is 6.12. The fraction of sp³-hybridized carbons (Fsp3) is 0.282. The third kappa shape index (κ3) is 8.27. The van der Waals surface area contributed by atoms with Crippen LogP contribution in [0.2, 0.25) is 0 Å². The molecule has 6 rings (SSSR count). The van der Waals surface area contributed by atoms with E-state index in [9.17, 15) is 10.2 Å². The lowest BCUT2D eigenvalue weighted by atomic mass is 9.78. The highest BCUT2D eigenvalue weighted by atomic mass is 16.5. The van der Waals surface area contributed by atoms with Crippen LogP contribution < -0.4 is 9.47 Å². The lowest BCUT2D eigenvalue weighted by Gasteiger charge is -2.26. The molecule has 0 saturated heterocycles. The van der Waals surface area contributed by atoms with E-state index in [4.69, 9.17) is 9.47 Å². The van der Waals surface area contributed by atoms with Crippen molar-refractivity contribution >= 4 is 23.1 Å². The zero-order chi connectivity index (χ0) is 32.6. The van der Waals surface area contributed by atoms with Gasteiger partial charge in [0.25, 0.3) is 0 Å². The van der Waals surface area contributed by atoms with E-state index >= 15 is 0 Å². The molecule has 0 radical (unpaired) electrons. The second kappa shape index (κ2) is 14.7. The number of hydrogen-bond donors (Lipinski definition) is 2. The van der Waals surface area contributed by atoms with Crippen molar-refractivity contribution < 1.29 is 19.7 Å². The molecule has 8 nitrogen and oxygen atoms in total. The van der Waals surface area contributed by atoms with Gasteiger partial charge in [-0.05, 0) is 35.4 Å². The van der Waals surface area contributed by atoms with Gasteiger partial charge < -0.3 is 19.7 Å². The van der Waals surface area contributed by atoms with Crippen molar-refractivity contribution in [2.45, 2.75) is 44.3 Å². The van der Waals surface area contributed by atoms with Crippen LogP contribution in [0.4, 0.5) is 0 Å². The minimum absolute atomic E-state index is 0.176. The summed E-state index contributed by atoms with van der Waals surface area (Å²) >= 11 is 0. The second-order valence-corrected chi connectivity index (χ2v) is 12.4. The Morgan fingerprint density at radius 1 is 0.574 bits per heavy atom. The number of aliphatic hydroxyl groups excluding tert-OH is 2. The summed E-state index contributed by atoms with van der Waals surface area (Å²) in [6.45, 7) is 5.71. The fourth-order valence-electron chi connectivity index (χ4n) is 5.63. The van der Waals surface area contributed by atoms with Crippen molar-refractivity contribution in [2.75, 3.05) is 26.3 Å². The van der Waals surface area contributed by atoms with Crippen LogP contribution in [0.15, 0.2) is 129 Å². The van der Waals surface area contributed by atoms with Gasteiger partial charge in [0.2, 0.25) is 0 Å². The molecule has 0 spiro atoms. The number of benzene rings is 4. The second-order valence-electron chi connectivity index (χ2n) is 12.4. The Hall–Kier alpha value is -4.92. The lowest BCUT2D eigenvalue weighted by molar-refractivity contribution is 0.113. The van der Waals surface area contributed by atoms with Crippen molar-refractivity contribution in [1.82, 2.24) is 0 Å². The molecule has 8 heteroatoms. The van der Waals surface area contributed by atoms with Gasteiger partial charge in [0.15, 0.2) is 11.7 Å². The Kier molecular flexibility index (Phi) is 10.00. The van der Waals surface area contributed by atoms with E-state index in [-0.39, 0.29) is 18.6 Å². The van der Waals surface area contributed by atoms with Crippen molar-refractivity contribution in [1.29, 1.82) is 0 Å². The maximum absolute atomic E-state index is 10.6. The van der Waals surface area contributed by atoms with Crippen molar-refractivity contribution in [3.8, 4) is 11.5 Å². The molecule has 4 aromatic rings. The van der Waals surface area contributed by atoms with E-state index < -0.39 is 12.2 Å². The Balaban J connectivity index is 0.954. The predicted octanol–water partition coefficient (Wildman–Crippen LogP) is 6.07. The largest absolute Gasteiger partial charge is 0.491 e. The zero-order valence-corrected chi connectivity index (χ0v) is 26.8. The Morgan fingerprint density at radius 2 is 0.957 bits per heavy atom. The molecule has 240 valence electrons. The highest BCUT2D eigenvalue weighted by Crippen LogP contribution is 2.33. The molecule has 2 aliphatic rings. The average molecular weight is 629 g/mol. The van der Waals surface area contributed by atoms with Gasteiger partial charge in [0, 0.05) is 40.8 Å². The van der Waals surface area contributed by atoms with Crippen LogP contribution in [-0.4, -0.2) is 71.8 Å². The van der Waals surface area contributed by atoms with Crippen LogP contribution in [0.5, 0.6) is 11.5 Å². The first-order chi connectivity index (χ1) is 22.8. The summed E-state index contributed by atoms with van der Waals surface area (Å²) in [5.41, 5.74) is 5.69. The van der Waals surface area contributed by atoms with Gasteiger partial charge in [-0.3, -0.25) is 9.98 Å². The van der Waals surface area contributed by atoms with Crippen LogP contribution in [0.1, 0.15) is 48.9 Å². The summed E-state index contributed by atoms with van der Waals surface area (Å²) in [7, 11) is 0. The molecule has 2 heterocycles. The standard InChI is InChI=1S/C39H40N4O4/c1-39(2,29-13-17-35(18-14-29)46-25-33(44)21-31-23-40-37(42-31)27-9-5-3-6-10-27)30-15-19-36(20-16-30)47-26-34(45)22-32-24-41-38(43-32)28-11-7-4-8-12-28/h3-20,33-34,44-45H,21-26H2,1-2H3. The number of aliphatic hydroxyl groups is 2. The van der Waals surface area contributed by atoms with E-state index in [1.807, 2.05) is 84.9 Å². The molecule has 2 unspecified atom stereocenters. The molecule has 0 aromatic heterocycles. The van der Waals surface area contributed by atoms with Crippen molar-refractivity contribution in [3.63, 3.8) is 0 Å². The van der Waals surface area contributed by atoms with Gasteiger partial charge in [0.05, 0.1) is 25.3 Å². The normalized spacial score (nSPS) is 15.7. The number of hydrogen-bond acceptors (Lipinski definition) is 8. The molecule has 0 bridgehead atoms. The molecule has 47 heavy (non-hydrogen) atoms. The number of ether oxygens (including phenoxy) is 2. The molecular formula is C39H40N4O4. The zero-order valence-electron chi connectivity index (χ0n) is 26.8. The minimum Gasteiger partial charge on any atom is -0.491 e. The maximum atomic E-state index is 10.6. The molecule has 0 saturated carbocycles. The van der Waals surface area contributed by atoms with E-state index in [0.29, 0.717) is 49.1 Å². The lowest BCUT2D eigenvalue weighted by Crippen LogP contribution is -2.22. The van der Waals surface area contributed by atoms with Crippen LogP contribution in [0.3, 0.4) is 0 Å². The molecule has 0 fully saturated rings. The van der Waals surface area contributed by atoms with Crippen LogP contribution in [-0.2, 0) is 5.41 Å². The van der Waals surface area contributed by atoms with Crippen LogP contribution >= 0.6 is 0 Å². The molecule has 2 atom stereocenters. The van der Waals surface area contributed by atoms with Crippen LogP contribution in [0, 0.1) is 0 Å². The molecule has 2 N–H and O–H groups in total. The van der Waals surface area contributed by atoms with Crippen LogP contribution in [0.25, 0.3) is 0 Å². The third-order valence-electron chi connectivity index (χ3n) is 8.39. The Bertz CT molecular complexity index is 1630. The summed E-state index contributed by atoms with van der Waals surface area (Å²) in [5.74, 6) is 2.83.